The van der Waals surface area contributed by atoms with Crippen molar-refractivity contribution in [3.05, 3.63) is 83.6 Å². The van der Waals surface area contributed by atoms with E-state index in [1.807, 2.05) is 0 Å². The summed E-state index contributed by atoms with van der Waals surface area (Å²) in [7, 11) is 3.24. The molecule has 0 spiro atoms. The zero-order chi connectivity index (χ0) is 31.1. The van der Waals surface area contributed by atoms with Crippen LogP contribution in [0.2, 0.25) is 5.02 Å². The molecular formula is C29H32ClF2N7O4. The van der Waals surface area contributed by atoms with Gasteiger partial charge in [0.25, 0.3) is 5.91 Å². The maximum atomic E-state index is 13.3. The van der Waals surface area contributed by atoms with Gasteiger partial charge in [0.1, 0.15) is 23.8 Å². The molecule has 3 aromatic rings. The number of rotatable bonds is 11. The summed E-state index contributed by atoms with van der Waals surface area (Å²) >= 11 is 6.19. The normalized spacial score (nSPS) is 14.2. The maximum Gasteiger partial charge on any atom is 0.387 e. The smallest absolute Gasteiger partial charge is 0.387 e. The number of nitrogens with one attached hydrogen (secondary N) is 3. The molecule has 1 aliphatic rings. The van der Waals surface area contributed by atoms with E-state index in [0.717, 1.165) is 5.56 Å². The Hall–Kier alpha value is -4.49. The lowest BCUT2D eigenvalue weighted by molar-refractivity contribution is -0.136. The Morgan fingerprint density at radius 3 is 2.47 bits per heavy atom. The van der Waals surface area contributed by atoms with Crippen LogP contribution in [0.15, 0.2) is 73.0 Å². The predicted octanol–water partition coefficient (Wildman–Crippen LogP) is 3.49. The number of nitrogens with zero attached hydrogens (tertiary/aromatic N) is 4. The molecule has 1 saturated heterocycles. The van der Waals surface area contributed by atoms with Crippen LogP contribution in [0.4, 0.5) is 14.5 Å². The molecule has 0 atom stereocenters. The monoisotopic (exact) mass is 615 g/mol. The van der Waals surface area contributed by atoms with E-state index in [2.05, 4.69) is 32.6 Å². The van der Waals surface area contributed by atoms with E-state index in [0.29, 0.717) is 31.8 Å². The zero-order valence-electron chi connectivity index (χ0n) is 23.6. The lowest BCUT2D eigenvalue weighted by Gasteiger charge is -2.38. The van der Waals surface area contributed by atoms with E-state index < -0.39 is 18.1 Å². The topological polar surface area (TPSA) is 134 Å². The van der Waals surface area contributed by atoms with Crippen molar-refractivity contribution in [3.63, 3.8) is 0 Å². The first-order valence-electron chi connectivity index (χ1n) is 13.3. The molecule has 43 heavy (non-hydrogen) atoms. The van der Waals surface area contributed by atoms with E-state index in [9.17, 15) is 23.5 Å². The van der Waals surface area contributed by atoms with E-state index in [4.69, 9.17) is 16.3 Å². The highest BCUT2D eigenvalue weighted by Gasteiger charge is 2.35. The number of alkyl halides is 2. The van der Waals surface area contributed by atoms with Gasteiger partial charge in [-0.05, 0) is 48.7 Å². The largest absolute Gasteiger partial charge is 0.434 e. The zero-order valence-corrected chi connectivity index (χ0v) is 24.4. The molecule has 4 N–H and O–H groups in total. The fourth-order valence-electron chi connectivity index (χ4n) is 4.89. The predicted molar refractivity (Wildman–Crippen MR) is 157 cm³/mol. The lowest BCUT2D eigenvalue weighted by atomic mass is 9.85. The van der Waals surface area contributed by atoms with Crippen molar-refractivity contribution in [2.45, 2.75) is 31.6 Å². The number of piperidine rings is 1. The Bertz CT molecular complexity index is 1500. The number of aromatic nitrogens is 3. The summed E-state index contributed by atoms with van der Waals surface area (Å²) in [5.41, 5.74) is 0.105. The molecule has 11 nitrogen and oxygen atoms in total. The summed E-state index contributed by atoms with van der Waals surface area (Å²) < 4.78 is 32.5. The Morgan fingerprint density at radius 1 is 1.19 bits per heavy atom. The molecule has 1 aromatic carbocycles. The first-order chi connectivity index (χ1) is 20.6. The first-order valence-corrected chi connectivity index (χ1v) is 13.7. The molecule has 14 heteroatoms. The molecule has 0 aliphatic carbocycles. The van der Waals surface area contributed by atoms with Crippen LogP contribution in [-0.2, 0) is 21.7 Å². The van der Waals surface area contributed by atoms with Crippen molar-refractivity contribution in [1.82, 2.24) is 30.3 Å². The molecule has 1 fully saturated rings. The summed E-state index contributed by atoms with van der Waals surface area (Å²) in [5, 5.41) is 24.2. The number of hydrogen-bond donors (Lipinski definition) is 4. The average Bonchev–Trinajstić information content (AvgIpc) is 3.38. The van der Waals surface area contributed by atoms with Crippen LogP contribution >= 0.6 is 11.6 Å². The van der Waals surface area contributed by atoms with Crippen molar-refractivity contribution < 1.29 is 28.2 Å². The van der Waals surface area contributed by atoms with E-state index in [-0.39, 0.29) is 45.7 Å². The summed E-state index contributed by atoms with van der Waals surface area (Å²) in [4.78, 5) is 32.1. The fraction of sp³-hybridized carbons (Fsp3) is 0.310. The van der Waals surface area contributed by atoms with Gasteiger partial charge in [-0.3, -0.25) is 19.3 Å². The number of amides is 2. The number of pyridine rings is 1. The van der Waals surface area contributed by atoms with Crippen LogP contribution in [-0.4, -0.2) is 70.4 Å². The third kappa shape index (κ3) is 7.30. The van der Waals surface area contributed by atoms with Crippen molar-refractivity contribution in [2.24, 2.45) is 0 Å². The standard InChI is InChI=1S/C29H32ClF2N7O4/c1-4-20(26(33-2)34-3)27(41)36-22-16-39(37-25(22)21-15-19(30)5-6-23(21)43-28(31)32)17-24(40)38-13-9-29(42,10-14-38)18-7-11-35-12-8-18/h4-8,11-12,15-16,28,33-34,42H,1,9-10,13-14,17H2,2-3H3,(H,36,41). The highest BCUT2D eigenvalue weighted by molar-refractivity contribution is 6.31. The van der Waals surface area contributed by atoms with Crippen LogP contribution in [0.3, 0.4) is 0 Å². The number of ether oxygens (including phenoxy) is 1. The Labute approximate surface area is 252 Å². The molecule has 0 radical (unpaired) electrons. The summed E-state index contributed by atoms with van der Waals surface area (Å²) in [5.74, 6) is -0.690. The molecule has 2 aromatic heterocycles. The van der Waals surface area contributed by atoms with Gasteiger partial charge in [0.2, 0.25) is 5.91 Å². The summed E-state index contributed by atoms with van der Waals surface area (Å²) in [6.45, 7) is 0.959. The second-order valence-electron chi connectivity index (χ2n) is 9.70. The number of anilines is 1. The van der Waals surface area contributed by atoms with Gasteiger partial charge in [0.05, 0.1) is 16.9 Å². The number of carbonyl (C=O) groups is 2. The van der Waals surface area contributed by atoms with Gasteiger partial charge in [-0.25, -0.2) is 0 Å². The van der Waals surface area contributed by atoms with Gasteiger partial charge in [-0.2, -0.15) is 13.9 Å². The van der Waals surface area contributed by atoms with Crippen molar-refractivity contribution in [1.29, 1.82) is 0 Å². The molecule has 228 valence electrons. The van der Waals surface area contributed by atoms with Gasteiger partial charge in [-0.1, -0.05) is 24.3 Å². The minimum atomic E-state index is -3.13. The molecule has 4 rings (SSSR count). The second-order valence-corrected chi connectivity index (χ2v) is 10.1. The number of carbonyl (C=O) groups excluding carboxylic acids is 2. The van der Waals surface area contributed by atoms with E-state index >= 15 is 0 Å². The third-order valence-electron chi connectivity index (χ3n) is 7.10. The number of likely N-dealkylation sites (tertiary alicyclic amines) is 1. The first kappa shape index (κ1) is 31.4. The number of aliphatic hydroxyl groups is 1. The van der Waals surface area contributed by atoms with Crippen LogP contribution in [0.5, 0.6) is 5.75 Å². The Balaban J connectivity index is 1.63. The van der Waals surface area contributed by atoms with Gasteiger partial charge < -0.3 is 30.7 Å². The molecule has 0 saturated carbocycles. The number of benzene rings is 1. The van der Waals surface area contributed by atoms with Gasteiger partial charge in [0, 0.05) is 56.4 Å². The fourth-order valence-corrected chi connectivity index (χ4v) is 5.06. The lowest BCUT2D eigenvalue weighted by Crippen LogP contribution is -2.46. The molecular weight excluding hydrogens is 584 g/mol. The highest BCUT2D eigenvalue weighted by atomic mass is 35.5. The molecule has 0 unspecified atom stereocenters. The van der Waals surface area contributed by atoms with Gasteiger partial charge >= 0.3 is 6.61 Å². The third-order valence-corrected chi connectivity index (χ3v) is 7.33. The number of halogens is 3. The SMILES string of the molecule is C=CC(C(=O)Nc1cn(CC(=O)N2CCC(O)(c3ccncc3)CC2)nc1-c1cc(Cl)ccc1OC(F)F)=C(NC)NC. The molecule has 0 bridgehead atoms. The molecule has 1 aliphatic heterocycles. The van der Waals surface area contributed by atoms with Crippen LogP contribution < -0.4 is 20.7 Å². The van der Waals surface area contributed by atoms with Crippen molar-refractivity contribution in [3.8, 4) is 17.0 Å². The van der Waals surface area contributed by atoms with E-state index in [1.54, 1.807) is 43.5 Å². The summed E-state index contributed by atoms with van der Waals surface area (Å²) in [6.07, 6.45) is 6.66. The van der Waals surface area contributed by atoms with Gasteiger partial charge in [-0.15, -0.1) is 0 Å². The minimum Gasteiger partial charge on any atom is -0.434 e. The average molecular weight is 616 g/mol. The molecule has 3 heterocycles. The second kappa shape index (κ2) is 13.7. The van der Waals surface area contributed by atoms with E-state index in [1.165, 1.54) is 35.2 Å². The molecule has 2 amide bonds. The van der Waals surface area contributed by atoms with Crippen LogP contribution in [0.25, 0.3) is 11.3 Å². The summed E-state index contributed by atoms with van der Waals surface area (Å²) in [6, 6.07) is 7.54. The Kier molecular flexibility index (Phi) is 9.99. The maximum absolute atomic E-state index is 13.3. The van der Waals surface area contributed by atoms with Crippen molar-refractivity contribution in [2.75, 3.05) is 32.5 Å². The minimum absolute atomic E-state index is 0.0592. The van der Waals surface area contributed by atoms with Crippen LogP contribution in [0.1, 0.15) is 18.4 Å². The van der Waals surface area contributed by atoms with Gasteiger partial charge in [0.15, 0.2) is 0 Å². The highest BCUT2D eigenvalue weighted by Crippen LogP contribution is 2.37. The Morgan fingerprint density at radius 2 is 1.86 bits per heavy atom. The number of hydrogen-bond acceptors (Lipinski definition) is 8. The quantitative estimate of drug-likeness (QED) is 0.190. The van der Waals surface area contributed by atoms with Crippen LogP contribution in [0, 0.1) is 0 Å². The van der Waals surface area contributed by atoms with Crippen molar-refractivity contribution >= 4 is 29.1 Å².